The van der Waals surface area contributed by atoms with E-state index in [9.17, 15) is 0 Å². The molecule has 6 heteroatoms. The average Bonchev–Trinajstić information content (AvgIpc) is 3.24. The highest BCUT2D eigenvalue weighted by molar-refractivity contribution is 9.10. The summed E-state index contributed by atoms with van der Waals surface area (Å²) in [5, 5.41) is 12.7. The van der Waals surface area contributed by atoms with E-state index >= 15 is 0 Å². The second-order valence-electron chi connectivity index (χ2n) is 5.47. The van der Waals surface area contributed by atoms with E-state index in [-0.39, 0.29) is 6.04 Å². The van der Waals surface area contributed by atoms with Gasteiger partial charge in [0.15, 0.2) is 6.04 Å². The Morgan fingerprint density at radius 3 is 2.65 bits per heavy atom. The third-order valence-corrected chi connectivity index (χ3v) is 5.21. The van der Waals surface area contributed by atoms with Gasteiger partial charge in [0.2, 0.25) is 0 Å². The molecule has 4 nitrogen and oxygen atoms in total. The molecule has 0 unspecified atom stereocenters. The highest BCUT2D eigenvalue weighted by Gasteiger charge is 2.22. The molecule has 0 fully saturated rings. The van der Waals surface area contributed by atoms with Gasteiger partial charge >= 0.3 is 0 Å². The number of rotatable bonds is 6. The van der Waals surface area contributed by atoms with Crippen molar-refractivity contribution in [3.63, 3.8) is 0 Å². The molecule has 1 aromatic carbocycles. The predicted octanol–water partition coefficient (Wildman–Crippen LogP) is 4.34. The van der Waals surface area contributed by atoms with Crippen molar-refractivity contribution in [2.45, 2.75) is 32.4 Å². The fraction of sp³-hybridized carbons (Fsp3) is 0.294. The van der Waals surface area contributed by atoms with Crippen molar-refractivity contribution in [1.29, 1.82) is 0 Å². The molecule has 0 spiro atoms. The lowest BCUT2D eigenvalue weighted by Gasteiger charge is -2.17. The molecule has 0 aliphatic heterocycles. The van der Waals surface area contributed by atoms with Crippen LogP contribution in [-0.2, 0) is 0 Å². The first kappa shape index (κ1) is 16.4. The summed E-state index contributed by atoms with van der Waals surface area (Å²) >= 11 is 5.09. The zero-order valence-electron chi connectivity index (χ0n) is 13.1. The van der Waals surface area contributed by atoms with Crippen LogP contribution in [0.5, 0.6) is 0 Å². The van der Waals surface area contributed by atoms with Gasteiger partial charge in [0, 0.05) is 16.5 Å². The molecule has 0 bridgehead atoms. The Morgan fingerprint density at radius 2 is 2.00 bits per heavy atom. The largest absolute Gasteiger partial charge is 0.414 e. The predicted molar refractivity (Wildman–Crippen MR) is 95.1 cm³/mol. The van der Waals surface area contributed by atoms with E-state index < -0.39 is 0 Å². The van der Waals surface area contributed by atoms with Crippen LogP contribution in [0.3, 0.4) is 0 Å². The van der Waals surface area contributed by atoms with E-state index in [1.165, 1.54) is 5.56 Å². The van der Waals surface area contributed by atoms with Crippen molar-refractivity contribution in [3.8, 4) is 10.8 Å². The fourth-order valence-corrected chi connectivity index (χ4v) is 3.45. The smallest absolute Gasteiger partial charge is 0.274 e. The van der Waals surface area contributed by atoms with E-state index in [4.69, 9.17) is 4.42 Å². The topological polar surface area (TPSA) is 55.5 Å². The Morgan fingerprint density at radius 1 is 1.22 bits per heavy atom. The molecular weight excluding hydrogens is 374 g/mol. The second-order valence-corrected chi connectivity index (χ2v) is 7.33. The van der Waals surface area contributed by atoms with Crippen LogP contribution in [0.25, 0.3) is 10.8 Å². The molecule has 120 valence electrons. The minimum atomic E-state index is 0.116. The first-order chi connectivity index (χ1) is 11.2. The molecule has 3 rings (SSSR count). The maximum absolute atomic E-state index is 5.84. The first-order valence-electron chi connectivity index (χ1n) is 7.65. The van der Waals surface area contributed by atoms with Gasteiger partial charge in [-0.3, -0.25) is 0 Å². The number of nitrogens with two attached hydrogens (primary N) is 1. The molecule has 2 heterocycles. The number of nitrogens with zero attached hydrogens (tertiary/aromatic N) is 2. The van der Waals surface area contributed by atoms with Gasteiger partial charge in [-0.2, -0.15) is 0 Å². The molecule has 0 radical (unpaired) electrons. The summed E-state index contributed by atoms with van der Waals surface area (Å²) in [7, 11) is 0. The van der Waals surface area contributed by atoms with Crippen molar-refractivity contribution in [3.05, 3.63) is 57.7 Å². The van der Waals surface area contributed by atoms with Gasteiger partial charge in [-0.05, 0) is 30.5 Å². The normalized spacial score (nSPS) is 13.9. The molecule has 2 atom stereocenters. The Hall–Kier alpha value is -1.50. The Balaban J connectivity index is 1.72. The maximum atomic E-state index is 5.84. The number of thiophene rings is 1. The molecule has 0 aliphatic carbocycles. The summed E-state index contributed by atoms with van der Waals surface area (Å²) in [6, 6.07) is 12.9. The summed E-state index contributed by atoms with van der Waals surface area (Å²) in [5.74, 6) is 1.27. The first-order valence-corrected chi connectivity index (χ1v) is 9.32. The number of hydrogen-bond acceptors (Lipinski definition) is 4. The lowest BCUT2D eigenvalue weighted by Crippen LogP contribution is -2.85. The minimum Gasteiger partial charge on any atom is -0.414 e. The van der Waals surface area contributed by atoms with Crippen molar-refractivity contribution in [2.75, 3.05) is 0 Å². The molecule has 0 amide bonds. The van der Waals surface area contributed by atoms with Crippen LogP contribution in [0, 0.1) is 0 Å². The molecule has 0 aliphatic rings. The minimum absolute atomic E-state index is 0.116. The van der Waals surface area contributed by atoms with Gasteiger partial charge in [0.1, 0.15) is 6.04 Å². The average molecular weight is 393 g/mol. The van der Waals surface area contributed by atoms with Crippen molar-refractivity contribution < 1.29 is 9.73 Å². The maximum Gasteiger partial charge on any atom is 0.274 e. The summed E-state index contributed by atoms with van der Waals surface area (Å²) in [6.45, 7) is 4.30. The second kappa shape index (κ2) is 7.38. The molecular formula is C17H19BrN3OS+. The van der Waals surface area contributed by atoms with Gasteiger partial charge in [0.05, 0.1) is 4.88 Å². The van der Waals surface area contributed by atoms with E-state index in [2.05, 4.69) is 69.6 Å². The number of hydrogen-bond donors (Lipinski definition) is 1. The number of benzene rings is 1. The zero-order chi connectivity index (χ0) is 16.2. The molecule has 0 saturated heterocycles. The lowest BCUT2D eigenvalue weighted by molar-refractivity contribution is -0.734. The van der Waals surface area contributed by atoms with Crippen LogP contribution >= 0.6 is 27.3 Å². The molecule has 23 heavy (non-hydrogen) atoms. The quantitative estimate of drug-likeness (QED) is 0.678. The van der Waals surface area contributed by atoms with Crippen LogP contribution in [0.1, 0.15) is 43.8 Å². The fourth-order valence-electron chi connectivity index (χ4n) is 2.54. The van der Waals surface area contributed by atoms with Gasteiger partial charge in [-0.15, -0.1) is 21.5 Å². The third kappa shape index (κ3) is 3.88. The van der Waals surface area contributed by atoms with Crippen LogP contribution in [-0.4, -0.2) is 10.2 Å². The summed E-state index contributed by atoms with van der Waals surface area (Å²) in [6.07, 6.45) is 1.04. The molecule has 3 aromatic rings. The Bertz CT molecular complexity index is 740. The summed E-state index contributed by atoms with van der Waals surface area (Å²) in [4.78, 5) is 1.01. The van der Waals surface area contributed by atoms with E-state index in [1.54, 1.807) is 11.3 Å². The van der Waals surface area contributed by atoms with Gasteiger partial charge < -0.3 is 9.73 Å². The van der Waals surface area contributed by atoms with Crippen molar-refractivity contribution in [2.24, 2.45) is 0 Å². The number of halogens is 1. The van der Waals surface area contributed by atoms with E-state index in [0.717, 1.165) is 15.8 Å². The zero-order valence-corrected chi connectivity index (χ0v) is 15.5. The van der Waals surface area contributed by atoms with Crippen LogP contribution in [0.4, 0.5) is 0 Å². The Kier molecular flexibility index (Phi) is 5.25. The van der Waals surface area contributed by atoms with Gasteiger partial charge in [-0.1, -0.05) is 41.1 Å². The van der Waals surface area contributed by atoms with Crippen molar-refractivity contribution in [1.82, 2.24) is 10.2 Å². The van der Waals surface area contributed by atoms with E-state index in [0.29, 0.717) is 17.8 Å². The van der Waals surface area contributed by atoms with Crippen molar-refractivity contribution >= 4 is 27.3 Å². The molecule has 2 aromatic heterocycles. The summed E-state index contributed by atoms with van der Waals surface area (Å²) in [5.41, 5.74) is 1.31. The van der Waals surface area contributed by atoms with Gasteiger partial charge in [-0.25, -0.2) is 0 Å². The standard InChI is InChI=1S/C17H18BrN3OS/c1-3-14(12-6-8-13(18)9-7-12)19-11(2)16-20-21-17(22-16)15-5-4-10-23-15/h4-11,14,19H,3H2,1-2H3/p+1/t11-,14+/m0/s1. The van der Waals surface area contributed by atoms with Crippen LogP contribution in [0.15, 0.2) is 50.7 Å². The van der Waals surface area contributed by atoms with Crippen LogP contribution < -0.4 is 5.32 Å². The Labute approximate surface area is 148 Å². The molecule has 0 saturated carbocycles. The third-order valence-electron chi connectivity index (χ3n) is 3.82. The van der Waals surface area contributed by atoms with Crippen LogP contribution in [0.2, 0.25) is 0 Å². The highest BCUT2D eigenvalue weighted by atomic mass is 79.9. The highest BCUT2D eigenvalue weighted by Crippen LogP contribution is 2.24. The monoisotopic (exact) mass is 392 g/mol. The van der Waals surface area contributed by atoms with Gasteiger partial charge in [0.25, 0.3) is 11.8 Å². The SMILES string of the molecule is CC[C@@H]([NH2+][C@@H](C)c1nnc(-c2cccs2)o1)c1ccc(Br)cc1. The molecule has 2 N–H and O–H groups in total. The van der Waals surface area contributed by atoms with E-state index in [1.807, 2.05) is 17.5 Å². The summed E-state index contributed by atoms with van der Waals surface area (Å²) < 4.78 is 6.94. The lowest BCUT2D eigenvalue weighted by atomic mass is 10.0. The number of aromatic nitrogens is 2. The number of quaternary nitrogens is 1.